The van der Waals surface area contributed by atoms with Gasteiger partial charge in [-0.05, 0) is 31.2 Å². The summed E-state index contributed by atoms with van der Waals surface area (Å²) in [6.45, 7) is 5.46. The third kappa shape index (κ3) is 4.41. The first kappa shape index (κ1) is 13.6. The second kappa shape index (κ2) is 7.59. The maximum atomic E-state index is 5.68. The van der Waals surface area contributed by atoms with Crippen LogP contribution in [-0.4, -0.2) is 22.9 Å². The molecule has 0 spiro atoms. The van der Waals surface area contributed by atoms with Gasteiger partial charge in [0, 0.05) is 12.7 Å². The molecule has 1 aromatic carbocycles. The number of para-hydroxylation sites is 1. The van der Waals surface area contributed by atoms with Crippen LogP contribution in [-0.2, 0) is 13.1 Å². The average Bonchev–Trinajstić information content (AvgIpc) is 2.88. The van der Waals surface area contributed by atoms with E-state index in [1.807, 2.05) is 47.3 Å². The first-order valence-corrected chi connectivity index (χ1v) is 6.79. The zero-order valence-corrected chi connectivity index (χ0v) is 11.4. The van der Waals surface area contributed by atoms with Gasteiger partial charge in [-0.2, -0.15) is 5.10 Å². The smallest absolute Gasteiger partial charge is 0.119 e. The molecule has 0 unspecified atom stereocenters. The lowest BCUT2D eigenvalue weighted by Gasteiger charge is -2.09. The van der Waals surface area contributed by atoms with Crippen LogP contribution in [0.3, 0.4) is 0 Å². The van der Waals surface area contributed by atoms with Gasteiger partial charge in [0.1, 0.15) is 12.4 Å². The number of nitrogens with one attached hydrogen (secondary N) is 1. The van der Waals surface area contributed by atoms with Gasteiger partial charge in [-0.25, -0.2) is 0 Å². The van der Waals surface area contributed by atoms with Gasteiger partial charge in [-0.1, -0.05) is 25.1 Å². The topological polar surface area (TPSA) is 39.1 Å². The molecule has 4 nitrogen and oxygen atoms in total. The number of aromatic nitrogens is 2. The highest BCUT2D eigenvalue weighted by Gasteiger charge is 2.02. The van der Waals surface area contributed by atoms with Gasteiger partial charge in [-0.15, -0.1) is 0 Å². The molecule has 0 radical (unpaired) electrons. The predicted octanol–water partition coefficient (Wildman–Crippen LogP) is 2.46. The van der Waals surface area contributed by atoms with Crippen LogP contribution in [0.15, 0.2) is 42.6 Å². The van der Waals surface area contributed by atoms with Crippen molar-refractivity contribution in [1.82, 2.24) is 15.1 Å². The number of nitrogens with zero attached hydrogens (tertiary/aromatic N) is 2. The van der Waals surface area contributed by atoms with Crippen molar-refractivity contribution in [2.24, 2.45) is 0 Å². The summed E-state index contributed by atoms with van der Waals surface area (Å²) in [5.74, 6) is 0.903. The molecule has 0 atom stereocenters. The summed E-state index contributed by atoms with van der Waals surface area (Å²) in [6.07, 6.45) is 2.98. The van der Waals surface area contributed by atoms with Gasteiger partial charge in [0.15, 0.2) is 0 Å². The Morgan fingerprint density at radius 3 is 2.84 bits per heavy atom. The lowest BCUT2D eigenvalue weighted by molar-refractivity contribution is 0.288. The second-order valence-corrected chi connectivity index (χ2v) is 4.38. The largest absolute Gasteiger partial charge is 0.492 e. The first-order chi connectivity index (χ1) is 9.40. The molecule has 1 heterocycles. The van der Waals surface area contributed by atoms with Gasteiger partial charge in [-0.3, -0.25) is 4.68 Å². The maximum Gasteiger partial charge on any atom is 0.119 e. The SMILES string of the molecule is CCCNCc1ccnn1CCOc1ccccc1. The van der Waals surface area contributed by atoms with E-state index in [-0.39, 0.29) is 0 Å². The van der Waals surface area contributed by atoms with E-state index in [1.54, 1.807) is 0 Å². The molecule has 2 rings (SSSR count). The molecule has 0 aliphatic heterocycles. The van der Waals surface area contributed by atoms with Crippen molar-refractivity contribution in [3.63, 3.8) is 0 Å². The van der Waals surface area contributed by atoms with Gasteiger partial charge in [0.2, 0.25) is 0 Å². The molecule has 0 fully saturated rings. The lowest BCUT2D eigenvalue weighted by Crippen LogP contribution is -2.19. The van der Waals surface area contributed by atoms with E-state index in [0.717, 1.165) is 31.8 Å². The molecule has 2 aromatic rings. The fraction of sp³-hybridized carbons (Fsp3) is 0.400. The minimum Gasteiger partial charge on any atom is -0.492 e. The third-order valence-corrected chi connectivity index (χ3v) is 2.85. The molecule has 0 saturated carbocycles. The van der Waals surface area contributed by atoms with Crippen LogP contribution in [0.4, 0.5) is 0 Å². The van der Waals surface area contributed by atoms with Gasteiger partial charge < -0.3 is 10.1 Å². The minimum absolute atomic E-state index is 0.631. The number of hydrogen-bond acceptors (Lipinski definition) is 3. The number of rotatable bonds is 8. The number of hydrogen-bond donors (Lipinski definition) is 1. The minimum atomic E-state index is 0.631. The molecule has 102 valence electrons. The Hall–Kier alpha value is -1.81. The Bertz CT molecular complexity index is 467. The summed E-state index contributed by atoms with van der Waals surface area (Å²) in [5.41, 5.74) is 1.20. The predicted molar refractivity (Wildman–Crippen MR) is 76.2 cm³/mol. The Balaban J connectivity index is 1.78. The van der Waals surface area contributed by atoms with Crippen LogP contribution in [0.1, 0.15) is 19.0 Å². The van der Waals surface area contributed by atoms with Crippen LogP contribution in [0.25, 0.3) is 0 Å². The molecule has 0 bridgehead atoms. The monoisotopic (exact) mass is 259 g/mol. The van der Waals surface area contributed by atoms with E-state index >= 15 is 0 Å². The van der Waals surface area contributed by atoms with Crippen molar-refractivity contribution in [2.45, 2.75) is 26.4 Å². The van der Waals surface area contributed by atoms with Crippen LogP contribution in [0.5, 0.6) is 5.75 Å². The summed E-state index contributed by atoms with van der Waals surface area (Å²) in [4.78, 5) is 0. The molecular weight excluding hydrogens is 238 g/mol. The van der Waals surface area contributed by atoms with Crippen LogP contribution in [0.2, 0.25) is 0 Å². The molecule has 0 amide bonds. The zero-order valence-electron chi connectivity index (χ0n) is 11.4. The Morgan fingerprint density at radius 1 is 1.21 bits per heavy atom. The standard InChI is InChI=1S/C15H21N3O/c1-2-9-16-13-14-8-10-17-18(14)11-12-19-15-6-4-3-5-7-15/h3-8,10,16H,2,9,11-13H2,1H3. The van der Waals surface area contributed by atoms with E-state index in [0.29, 0.717) is 6.61 Å². The summed E-state index contributed by atoms with van der Waals surface area (Å²) in [6, 6.07) is 11.9. The Morgan fingerprint density at radius 2 is 2.05 bits per heavy atom. The van der Waals surface area contributed by atoms with E-state index < -0.39 is 0 Å². The van der Waals surface area contributed by atoms with Crippen molar-refractivity contribution in [3.8, 4) is 5.75 Å². The van der Waals surface area contributed by atoms with E-state index in [9.17, 15) is 0 Å². The van der Waals surface area contributed by atoms with Crippen LogP contribution < -0.4 is 10.1 Å². The fourth-order valence-corrected chi connectivity index (χ4v) is 1.87. The highest BCUT2D eigenvalue weighted by Crippen LogP contribution is 2.08. The summed E-state index contributed by atoms with van der Waals surface area (Å²) in [7, 11) is 0. The van der Waals surface area contributed by atoms with Crippen molar-refractivity contribution >= 4 is 0 Å². The van der Waals surface area contributed by atoms with Gasteiger partial charge in [0.05, 0.1) is 12.2 Å². The third-order valence-electron chi connectivity index (χ3n) is 2.85. The summed E-state index contributed by atoms with van der Waals surface area (Å²) in [5, 5.41) is 7.71. The van der Waals surface area contributed by atoms with Gasteiger partial charge >= 0.3 is 0 Å². The Kier molecular flexibility index (Phi) is 5.44. The molecule has 19 heavy (non-hydrogen) atoms. The maximum absolute atomic E-state index is 5.68. The highest BCUT2D eigenvalue weighted by atomic mass is 16.5. The number of benzene rings is 1. The van der Waals surface area contributed by atoms with Crippen molar-refractivity contribution in [3.05, 3.63) is 48.3 Å². The average molecular weight is 259 g/mol. The fourth-order valence-electron chi connectivity index (χ4n) is 1.87. The molecule has 0 aliphatic rings. The molecule has 1 N–H and O–H groups in total. The molecule has 0 aliphatic carbocycles. The first-order valence-electron chi connectivity index (χ1n) is 6.79. The quantitative estimate of drug-likeness (QED) is 0.740. The molecule has 4 heteroatoms. The van der Waals surface area contributed by atoms with Crippen LogP contribution >= 0.6 is 0 Å². The van der Waals surface area contributed by atoms with E-state index in [2.05, 4.69) is 17.3 Å². The molecule has 1 aromatic heterocycles. The molecular formula is C15H21N3O. The number of ether oxygens (including phenoxy) is 1. The summed E-state index contributed by atoms with van der Waals surface area (Å²) < 4.78 is 7.67. The van der Waals surface area contributed by atoms with Crippen molar-refractivity contribution in [2.75, 3.05) is 13.2 Å². The lowest BCUT2D eigenvalue weighted by atomic mass is 10.3. The van der Waals surface area contributed by atoms with E-state index in [4.69, 9.17) is 4.74 Å². The summed E-state index contributed by atoms with van der Waals surface area (Å²) >= 11 is 0. The normalized spacial score (nSPS) is 10.6. The van der Waals surface area contributed by atoms with E-state index in [1.165, 1.54) is 5.69 Å². The van der Waals surface area contributed by atoms with Crippen molar-refractivity contribution < 1.29 is 4.74 Å². The van der Waals surface area contributed by atoms with Crippen LogP contribution in [0, 0.1) is 0 Å². The molecule has 0 saturated heterocycles. The van der Waals surface area contributed by atoms with Crippen molar-refractivity contribution in [1.29, 1.82) is 0 Å². The highest BCUT2D eigenvalue weighted by molar-refractivity contribution is 5.20. The zero-order chi connectivity index (χ0) is 13.3. The Labute approximate surface area is 114 Å². The second-order valence-electron chi connectivity index (χ2n) is 4.38. The van der Waals surface area contributed by atoms with Gasteiger partial charge in [0.25, 0.3) is 0 Å².